The van der Waals surface area contributed by atoms with Gasteiger partial charge >= 0.3 is 0 Å². The van der Waals surface area contributed by atoms with Gasteiger partial charge in [-0.2, -0.15) is 5.10 Å². The van der Waals surface area contributed by atoms with E-state index in [1.54, 1.807) is 0 Å². The van der Waals surface area contributed by atoms with Crippen LogP contribution in [0.5, 0.6) is 0 Å². The minimum absolute atomic E-state index is 0.213. The molecule has 0 bridgehead atoms. The maximum atomic E-state index is 13.0. The summed E-state index contributed by atoms with van der Waals surface area (Å²) >= 11 is 9.89. The summed E-state index contributed by atoms with van der Waals surface area (Å²) in [4.78, 5) is 0. The minimum Gasteiger partial charge on any atom is -0.268 e. The standard InChI is InChI=1S/C15H17BrClFN2/c1-3-20-14(15(17)10(2)19-20)8-12(9-16)11-4-6-13(18)7-5-11/h4-7,12H,3,8-9H2,1-2H3. The van der Waals surface area contributed by atoms with E-state index in [1.165, 1.54) is 12.1 Å². The van der Waals surface area contributed by atoms with Gasteiger partial charge in [0.25, 0.3) is 0 Å². The molecule has 0 aliphatic heterocycles. The first-order chi connectivity index (χ1) is 9.56. The highest BCUT2D eigenvalue weighted by molar-refractivity contribution is 9.09. The smallest absolute Gasteiger partial charge is 0.123 e. The maximum Gasteiger partial charge on any atom is 0.123 e. The van der Waals surface area contributed by atoms with E-state index >= 15 is 0 Å². The first-order valence-electron chi connectivity index (χ1n) is 6.60. The van der Waals surface area contributed by atoms with Crippen LogP contribution in [0.2, 0.25) is 5.02 Å². The zero-order chi connectivity index (χ0) is 14.7. The van der Waals surface area contributed by atoms with Crippen LogP contribution in [0.3, 0.4) is 0 Å². The van der Waals surface area contributed by atoms with Crippen molar-refractivity contribution in [1.82, 2.24) is 9.78 Å². The van der Waals surface area contributed by atoms with Gasteiger partial charge in [-0.3, -0.25) is 4.68 Å². The Kier molecular flexibility index (Phi) is 5.22. The van der Waals surface area contributed by atoms with Gasteiger partial charge in [-0.05, 0) is 43.9 Å². The summed E-state index contributed by atoms with van der Waals surface area (Å²) in [6.07, 6.45) is 0.782. The van der Waals surface area contributed by atoms with E-state index in [1.807, 2.05) is 30.7 Å². The number of hydrogen-bond acceptors (Lipinski definition) is 1. The van der Waals surface area contributed by atoms with Gasteiger partial charge in [0.15, 0.2) is 0 Å². The van der Waals surface area contributed by atoms with Crippen molar-refractivity contribution in [3.05, 3.63) is 52.1 Å². The van der Waals surface area contributed by atoms with Crippen molar-refractivity contribution in [2.45, 2.75) is 32.7 Å². The van der Waals surface area contributed by atoms with Crippen molar-refractivity contribution < 1.29 is 4.39 Å². The molecule has 20 heavy (non-hydrogen) atoms. The third-order valence-electron chi connectivity index (χ3n) is 3.42. The van der Waals surface area contributed by atoms with Crippen LogP contribution in [0.4, 0.5) is 4.39 Å². The summed E-state index contributed by atoms with van der Waals surface area (Å²) in [7, 11) is 0. The van der Waals surface area contributed by atoms with Gasteiger partial charge in [0.1, 0.15) is 5.82 Å². The molecule has 108 valence electrons. The quantitative estimate of drug-likeness (QED) is 0.706. The van der Waals surface area contributed by atoms with E-state index in [9.17, 15) is 4.39 Å². The molecule has 0 fully saturated rings. The van der Waals surface area contributed by atoms with Crippen molar-refractivity contribution in [3.63, 3.8) is 0 Å². The number of halogens is 3. The summed E-state index contributed by atoms with van der Waals surface area (Å²) in [5.74, 6) is 0.0315. The van der Waals surface area contributed by atoms with Gasteiger partial charge in [0.2, 0.25) is 0 Å². The number of alkyl halides is 1. The molecule has 2 nitrogen and oxygen atoms in total. The number of benzene rings is 1. The molecule has 0 aliphatic rings. The van der Waals surface area contributed by atoms with Crippen LogP contribution in [0.15, 0.2) is 24.3 Å². The van der Waals surface area contributed by atoms with E-state index in [4.69, 9.17) is 11.6 Å². The van der Waals surface area contributed by atoms with Crippen molar-refractivity contribution in [2.75, 3.05) is 5.33 Å². The highest BCUT2D eigenvalue weighted by Crippen LogP contribution is 2.28. The van der Waals surface area contributed by atoms with Gasteiger partial charge in [-0.1, -0.05) is 39.7 Å². The molecule has 0 spiro atoms. The van der Waals surface area contributed by atoms with Crippen molar-refractivity contribution in [2.24, 2.45) is 0 Å². The average molecular weight is 360 g/mol. The average Bonchev–Trinajstić information content (AvgIpc) is 2.73. The fraction of sp³-hybridized carbons (Fsp3) is 0.400. The molecule has 0 saturated heterocycles. The van der Waals surface area contributed by atoms with E-state index in [-0.39, 0.29) is 11.7 Å². The van der Waals surface area contributed by atoms with Crippen LogP contribution in [0.1, 0.15) is 29.8 Å². The summed E-state index contributed by atoms with van der Waals surface area (Å²) in [6.45, 7) is 4.76. The van der Waals surface area contributed by atoms with Gasteiger partial charge in [-0.15, -0.1) is 0 Å². The molecule has 0 amide bonds. The van der Waals surface area contributed by atoms with Crippen molar-refractivity contribution in [3.8, 4) is 0 Å². The molecular weight excluding hydrogens is 343 g/mol. The Balaban J connectivity index is 2.28. The lowest BCUT2D eigenvalue weighted by Gasteiger charge is -2.15. The highest BCUT2D eigenvalue weighted by Gasteiger charge is 2.18. The number of nitrogens with zero attached hydrogens (tertiary/aromatic N) is 2. The fourth-order valence-electron chi connectivity index (χ4n) is 2.29. The highest BCUT2D eigenvalue weighted by atomic mass is 79.9. The molecule has 0 N–H and O–H groups in total. The second-order valence-electron chi connectivity index (χ2n) is 4.77. The summed E-state index contributed by atoms with van der Waals surface area (Å²) < 4.78 is 15.0. The van der Waals surface area contributed by atoms with E-state index in [2.05, 4.69) is 21.0 Å². The molecule has 2 aromatic rings. The number of hydrogen-bond donors (Lipinski definition) is 0. The second kappa shape index (κ2) is 6.72. The lowest BCUT2D eigenvalue weighted by molar-refractivity contribution is 0.595. The van der Waals surface area contributed by atoms with Crippen molar-refractivity contribution in [1.29, 1.82) is 0 Å². The Labute approximate surface area is 132 Å². The molecule has 0 aliphatic carbocycles. The predicted molar refractivity (Wildman–Crippen MR) is 84.3 cm³/mol. The Morgan fingerprint density at radius 2 is 2.00 bits per heavy atom. The molecule has 0 radical (unpaired) electrons. The van der Waals surface area contributed by atoms with Gasteiger partial charge in [0, 0.05) is 11.9 Å². The molecule has 1 atom stereocenters. The Hall–Kier alpha value is -0.870. The van der Waals surface area contributed by atoms with E-state index in [0.717, 1.165) is 40.3 Å². The monoisotopic (exact) mass is 358 g/mol. The number of aromatic nitrogens is 2. The van der Waals surface area contributed by atoms with E-state index < -0.39 is 0 Å². The van der Waals surface area contributed by atoms with Crippen LogP contribution in [-0.2, 0) is 13.0 Å². The lowest BCUT2D eigenvalue weighted by atomic mass is 9.96. The third kappa shape index (κ3) is 3.23. The Bertz CT molecular complexity index is 580. The summed E-state index contributed by atoms with van der Waals surface area (Å²) in [5, 5.41) is 5.96. The number of rotatable bonds is 5. The van der Waals surface area contributed by atoms with Crippen LogP contribution in [0.25, 0.3) is 0 Å². The van der Waals surface area contributed by atoms with E-state index in [0.29, 0.717) is 0 Å². The SMILES string of the molecule is CCn1nc(C)c(Cl)c1CC(CBr)c1ccc(F)cc1. The molecule has 1 unspecified atom stereocenters. The first-order valence-corrected chi connectivity index (χ1v) is 8.10. The lowest BCUT2D eigenvalue weighted by Crippen LogP contribution is -2.10. The third-order valence-corrected chi connectivity index (χ3v) is 4.69. The Morgan fingerprint density at radius 1 is 1.35 bits per heavy atom. The van der Waals surface area contributed by atoms with Crippen LogP contribution in [0, 0.1) is 12.7 Å². The molecule has 5 heteroatoms. The Morgan fingerprint density at radius 3 is 2.55 bits per heavy atom. The zero-order valence-corrected chi connectivity index (χ0v) is 13.9. The fourth-order valence-corrected chi connectivity index (χ4v) is 3.11. The molecular formula is C15H17BrClFN2. The normalized spacial score (nSPS) is 12.7. The summed E-state index contributed by atoms with van der Waals surface area (Å²) in [6, 6.07) is 6.65. The predicted octanol–water partition coefficient (Wildman–Crippen LogP) is 4.73. The van der Waals surface area contributed by atoms with Gasteiger partial charge in [-0.25, -0.2) is 4.39 Å². The van der Waals surface area contributed by atoms with Crippen LogP contribution >= 0.6 is 27.5 Å². The van der Waals surface area contributed by atoms with Gasteiger partial charge < -0.3 is 0 Å². The topological polar surface area (TPSA) is 17.8 Å². The zero-order valence-electron chi connectivity index (χ0n) is 11.5. The summed E-state index contributed by atoms with van der Waals surface area (Å²) in [5.41, 5.74) is 3.00. The van der Waals surface area contributed by atoms with Gasteiger partial charge in [0.05, 0.1) is 16.4 Å². The van der Waals surface area contributed by atoms with Crippen LogP contribution in [-0.4, -0.2) is 15.1 Å². The first kappa shape index (κ1) is 15.5. The molecule has 1 aromatic heterocycles. The van der Waals surface area contributed by atoms with Crippen molar-refractivity contribution >= 4 is 27.5 Å². The molecule has 2 rings (SSSR count). The minimum atomic E-state index is -0.213. The largest absolute Gasteiger partial charge is 0.268 e. The molecule has 1 heterocycles. The number of aryl methyl sites for hydroxylation is 2. The molecule has 0 saturated carbocycles. The maximum absolute atomic E-state index is 13.0. The van der Waals surface area contributed by atoms with Crippen LogP contribution < -0.4 is 0 Å². The molecule has 1 aromatic carbocycles. The second-order valence-corrected chi connectivity index (χ2v) is 5.79.